The lowest BCUT2D eigenvalue weighted by Gasteiger charge is -2.40. The van der Waals surface area contributed by atoms with Gasteiger partial charge in [0.25, 0.3) is 0 Å². The second-order valence-electron chi connectivity index (χ2n) is 6.82. The average molecular weight is 289 g/mol. The molecule has 118 valence electrons. The second kappa shape index (κ2) is 7.31. The molecule has 21 heavy (non-hydrogen) atoms. The molecule has 0 aliphatic heterocycles. The summed E-state index contributed by atoms with van der Waals surface area (Å²) in [6.07, 6.45) is 6.45. The summed E-state index contributed by atoms with van der Waals surface area (Å²) in [5.74, 6) is 1.90. The fourth-order valence-corrected chi connectivity index (χ4v) is 3.54. The number of rotatable bonds is 6. The molecule has 0 heterocycles. The predicted octanol–water partition coefficient (Wildman–Crippen LogP) is 4.45. The van der Waals surface area contributed by atoms with E-state index >= 15 is 0 Å². The second-order valence-corrected chi connectivity index (χ2v) is 6.82. The van der Waals surface area contributed by atoms with Gasteiger partial charge in [-0.3, -0.25) is 0 Å². The number of hydrogen-bond acceptors (Lipinski definition) is 2. The molecule has 1 N–H and O–H groups in total. The summed E-state index contributed by atoms with van der Waals surface area (Å²) in [4.78, 5) is 0. The first-order chi connectivity index (χ1) is 10.1. The smallest absolute Gasteiger partial charge is 0.122 e. The highest BCUT2D eigenvalue weighted by atomic mass is 16.5. The third-order valence-corrected chi connectivity index (χ3v) is 5.14. The number of hydrogen-bond donors (Lipinski definition) is 1. The zero-order valence-electron chi connectivity index (χ0n) is 14.2. The topological polar surface area (TPSA) is 21.3 Å². The molecule has 1 aromatic rings. The summed E-state index contributed by atoms with van der Waals surface area (Å²) < 4.78 is 5.55. The van der Waals surface area contributed by atoms with E-state index in [9.17, 15) is 0 Å². The van der Waals surface area contributed by atoms with Gasteiger partial charge in [-0.05, 0) is 68.7 Å². The molecule has 2 heteroatoms. The van der Waals surface area contributed by atoms with Crippen LogP contribution in [0.25, 0.3) is 0 Å². The van der Waals surface area contributed by atoms with Crippen LogP contribution in [0.5, 0.6) is 5.75 Å². The molecule has 0 bridgehead atoms. The lowest BCUT2D eigenvalue weighted by atomic mass is 9.66. The van der Waals surface area contributed by atoms with Gasteiger partial charge in [0.1, 0.15) is 5.75 Å². The molecule has 1 aliphatic carbocycles. The van der Waals surface area contributed by atoms with Gasteiger partial charge in [-0.1, -0.05) is 26.0 Å². The largest absolute Gasteiger partial charge is 0.496 e. The quantitative estimate of drug-likeness (QED) is 0.781. The van der Waals surface area contributed by atoms with E-state index in [-0.39, 0.29) is 0 Å². The van der Waals surface area contributed by atoms with Gasteiger partial charge in [0.05, 0.1) is 7.11 Å². The Balaban J connectivity index is 2.26. The highest BCUT2D eigenvalue weighted by Crippen LogP contribution is 2.42. The molecule has 0 spiro atoms. The van der Waals surface area contributed by atoms with Gasteiger partial charge >= 0.3 is 0 Å². The van der Waals surface area contributed by atoms with E-state index in [0.29, 0.717) is 5.41 Å². The van der Waals surface area contributed by atoms with Crippen molar-refractivity contribution in [1.29, 1.82) is 0 Å². The molecule has 1 saturated carbocycles. The molecule has 2 nitrogen and oxygen atoms in total. The van der Waals surface area contributed by atoms with Gasteiger partial charge < -0.3 is 10.1 Å². The van der Waals surface area contributed by atoms with Crippen molar-refractivity contribution < 1.29 is 4.74 Å². The van der Waals surface area contributed by atoms with Crippen molar-refractivity contribution in [2.45, 2.75) is 58.3 Å². The monoisotopic (exact) mass is 289 g/mol. The summed E-state index contributed by atoms with van der Waals surface area (Å²) in [6, 6.07) is 6.81. The van der Waals surface area contributed by atoms with Crippen LogP contribution in [0, 0.1) is 12.8 Å². The molecule has 1 fully saturated rings. The third kappa shape index (κ3) is 3.79. The van der Waals surface area contributed by atoms with Crippen LogP contribution >= 0.6 is 0 Å². The van der Waals surface area contributed by atoms with Crippen molar-refractivity contribution in [1.82, 2.24) is 5.32 Å². The first-order valence-electron chi connectivity index (χ1n) is 8.47. The first-order valence-corrected chi connectivity index (χ1v) is 8.47. The molecule has 0 saturated heterocycles. The lowest BCUT2D eigenvalue weighted by Crippen LogP contribution is -2.41. The summed E-state index contributed by atoms with van der Waals surface area (Å²) in [5.41, 5.74) is 2.98. The molecule has 0 unspecified atom stereocenters. The zero-order valence-corrected chi connectivity index (χ0v) is 14.2. The van der Waals surface area contributed by atoms with E-state index in [2.05, 4.69) is 44.3 Å². The maximum atomic E-state index is 5.55. The van der Waals surface area contributed by atoms with Crippen LogP contribution in [0.4, 0.5) is 0 Å². The Morgan fingerprint density at radius 2 is 2.00 bits per heavy atom. The van der Waals surface area contributed by atoms with Crippen LogP contribution < -0.4 is 10.1 Å². The van der Waals surface area contributed by atoms with Crippen molar-refractivity contribution in [3.63, 3.8) is 0 Å². The van der Waals surface area contributed by atoms with Crippen LogP contribution in [0.15, 0.2) is 18.2 Å². The first kappa shape index (κ1) is 16.4. The number of aryl methyl sites for hydroxylation is 1. The maximum absolute atomic E-state index is 5.55. The van der Waals surface area contributed by atoms with Crippen molar-refractivity contribution in [2.24, 2.45) is 5.92 Å². The summed E-state index contributed by atoms with van der Waals surface area (Å²) in [5, 5.41) is 3.67. The van der Waals surface area contributed by atoms with Crippen LogP contribution in [0.1, 0.15) is 57.1 Å². The van der Waals surface area contributed by atoms with E-state index in [1.165, 1.54) is 43.2 Å². The highest BCUT2D eigenvalue weighted by molar-refractivity contribution is 5.40. The van der Waals surface area contributed by atoms with E-state index in [1.807, 2.05) is 0 Å². The minimum Gasteiger partial charge on any atom is -0.496 e. The Morgan fingerprint density at radius 1 is 1.29 bits per heavy atom. The van der Waals surface area contributed by atoms with Crippen LogP contribution in [0.3, 0.4) is 0 Å². The number of benzene rings is 1. The fourth-order valence-electron chi connectivity index (χ4n) is 3.54. The fraction of sp³-hybridized carbons (Fsp3) is 0.684. The van der Waals surface area contributed by atoms with Crippen molar-refractivity contribution in [2.75, 3.05) is 20.2 Å². The van der Waals surface area contributed by atoms with Gasteiger partial charge in [-0.25, -0.2) is 0 Å². The van der Waals surface area contributed by atoms with E-state index in [0.717, 1.165) is 24.8 Å². The van der Waals surface area contributed by atoms with Crippen molar-refractivity contribution >= 4 is 0 Å². The normalized spacial score (nSPS) is 25.8. The van der Waals surface area contributed by atoms with Gasteiger partial charge in [0.2, 0.25) is 0 Å². The molecule has 1 aliphatic rings. The number of ether oxygens (including phenoxy) is 1. The number of nitrogens with one attached hydrogen (secondary N) is 1. The molecule has 1 aromatic carbocycles. The standard InChI is InChI=1S/C19H31NO/c1-5-12-20-14-19(10-8-15(2)9-11-19)17-7-6-16(3)18(13-17)21-4/h6-7,13,15,20H,5,8-12,14H2,1-4H3. The Hall–Kier alpha value is -1.02. The van der Waals surface area contributed by atoms with Crippen LogP contribution in [-0.2, 0) is 5.41 Å². The lowest BCUT2D eigenvalue weighted by molar-refractivity contribution is 0.233. The van der Waals surface area contributed by atoms with Crippen LogP contribution in [-0.4, -0.2) is 20.2 Å². The Bertz CT molecular complexity index is 447. The molecular weight excluding hydrogens is 258 g/mol. The van der Waals surface area contributed by atoms with Crippen molar-refractivity contribution in [3.8, 4) is 5.75 Å². The van der Waals surface area contributed by atoms with E-state index in [4.69, 9.17) is 4.74 Å². The van der Waals surface area contributed by atoms with E-state index < -0.39 is 0 Å². The molecule has 0 atom stereocenters. The van der Waals surface area contributed by atoms with Gasteiger partial charge in [0, 0.05) is 12.0 Å². The molecule has 0 aromatic heterocycles. The molecule has 0 amide bonds. The Labute approximate surface area is 130 Å². The minimum absolute atomic E-state index is 0.294. The summed E-state index contributed by atoms with van der Waals surface area (Å²) >= 11 is 0. The Kier molecular flexibility index (Phi) is 5.69. The molecule has 2 rings (SSSR count). The third-order valence-electron chi connectivity index (χ3n) is 5.14. The maximum Gasteiger partial charge on any atom is 0.122 e. The van der Waals surface area contributed by atoms with Gasteiger partial charge in [0.15, 0.2) is 0 Å². The van der Waals surface area contributed by atoms with Crippen LogP contribution in [0.2, 0.25) is 0 Å². The van der Waals surface area contributed by atoms with Gasteiger partial charge in [-0.2, -0.15) is 0 Å². The molecule has 0 radical (unpaired) electrons. The number of methoxy groups -OCH3 is 1. The molecular formula is C19H31NO. The van der Waals surface area contributed by atoms with Gasteiger partial charge in [-0.15, -0.1) is 0 Å². The SMILES string of the molecule is CCCNCC1(c2ccc(C)c(OC)c2)CCC(C)CC1. The highest BCUT2D eigenvalue weighted by Gasteiger charge is 2.35. The predicted molar refractivity (Wildman–Crippen MR) is 90.2 cm³/mol. The average Bonchev–Trinajstić information content (AvgIpc) is 2.50. The minimum atomic E-state index is 0.294. The Morgan fingerprint density at radius 3 is 2.62 bits per heavy atom. The van der Waals surface area contributed by atoms with E-state index in [1.54, 1.807) is 7.11 Å². The summed E-state index contributed by atoms with van der Waals surface area (Å²) in [6.45, 7) is 8.95. The van der Waals surface area contributed by atoms with Crippen molar-refractivity contribution in [3.05, 3.63) is 29.3 Å². The zero-order chi connectivity index (χ0) is 15.3. The summed E-state index contributed by atoms with van der Waals surface area (Å²) in [7, 11) is 1.77.